The zero-order chi connectivity index (χ0) is 9.84. The van der Waals surface area contributed by atoms with Crippen LogP contribution in [0.4, 0.5) is 8.78 Å². The van der Waals surface area contributed by atoms with E-state index in [1.54, 1.807) is 0 Å². The van der Waals surface area contributed by atoms with Gasteiger partial charge in [-0.25, -0.2) is 8.78 Å². The van der Waals surface area contributed by atoms with Gasteiger partial charge in [0.15, 0.2) is 11.6 Å². The summed E-state index contributed by atoms with van der Waals surface area (Å²) in [4.78, 5) is 8.24. The van der Waals surface area contributed by atoms with E-state index in [0.717, 1.165) is 6.07 Å². The zero-order valence-corrected chi connectivity index (χ0v) is 7.30. The van der Waals surface area contributed by atoms with Crippen LogP contribution in [0, 0.1) is 11.6 Å². The average Bonchev–Trinajstić information content (AvgIpc) is 2.07. The van der Waals surface area contributed by atoms with E-state index >= 15 is 0 Å². The number of benzene rings is 1. The molecule has 0 bridgehead atoms. The van der Waals surface area contributed by atoms with Crippen LogP contribution in [-0.2, 0) is 15.7 Å². The van der Waals surface area contributed by atoms with Gasteiger partial charge < -0.3 is 0 Å². The molecule has 0 heterocycles. The first-order valence-electron chi connectivity index (χ1n) is 3.33. The molecule has 0 amide bonds. The van der Waals surface area contributed by atoms with Crippen LogP contribution in [0.3, 0.4) is 0 Å². The van der Waals surface area contributed by atoms with Crippen LogP contribution >= 0.6 is 8.25 Å². The van der Waals surface area contributed by atoms with Gasteiger partial charge in [-0.3, -0.25) is 0 Å². The lowest BCUT2D eigenvalue weighted by molar-refractivity contribution is 0.266. The summed E-state index contributed by atoms with van der Waals surface area (Å²) in [6.07, 6.45) is 0. The number of halogens is 2. The van der Waals surface area contributed by atoms with E-state index in [-0.39, 0.29) is 5.56 Å². The van der Waals surface area contributed by atoms with Gasteiger partial charge in [0.25, 0.3) is 0 Å². The average molecular weight is 207 g/mol. The highest BCUT2D eigenvalue weighted by molar-refractivity contribution is 7.32. The first-order valence-corrected chi connectivity index (χ1v) is 4.46. The third kappa shape index (κ3) is 2.81. The summed E-state index contributed by atoms with van der Waals surface area (Å²) in [5.74, 6) is -2.06. The maximum absolute atomic E-state index is 12.8. The highest BCUT2D eigenvalue weighted by atomic mass is 31.1. The molecule has 3 nitrogen and oxygen atoms in total. The quantitative estimate of drug-likeness (QED) is 0.772. The predicted octanol–water partition coefficient (Wildman–Crippen LogP) is 2.13. The van der Waals surface area contributed by atoms with Crippen molar-refractivity contribution in [2.24, 2.45) is 0 Å². The van der Waals surface area contributed by atoms with Crippen LogP contribution in [-0.4, -0.2) is 4.89 Å². The van der Waals surface area contributed by atoms with Crippen LogP contribution < -0.4 is 0 Å². The van der Waals surface area contributed by atoms with Crippen LogP contribution in [0.15, 0.2) is 18.2 Å². The summed E-state index contributed by atoms with van der Waals surface area (Å²) in [5, 5.41) is 0. The van der Waals surface area contributed by atoms with Crippen molar-refractivity contribution >= 4 is 8.25 Å². The minimum atomic E-state index is -2.79. The lowest BCUT2D eigenvalue weighted by Crippen LogP contribution is -1.94. The second-order valence-corrected chi connectivity index (χ2v) is 2.96. The summed E-state index contributed by atoms with van der Waals surface area (Å²) >= 11 is 0. The Hall–Kier alpha value is -0.900. The molecule has 0 aliphatic heterocycles. The maximum atomic E-state index is 12.8. The smallest absolute Gasteiger partial charge is 0.204 e. The van der Waals surface area contributed by atoms with Crippen molar-refractivity contribution in [2.45, 2.75) is 6.61 Å². The predicted molar refractivity (Wildman–Crippen MR) is 41.0 cm³/mol. The summed E-state index contributed by atoms with van der Waals surface area (Å²) < 4.78 is 39.7. The second-order valence-electron chi connectivity index (χ2n) is 2.22. The first-order chi connectivity index (χ1) is 6.11. The van der Waals surface area contributed by atoms with Crippen LogP contribution in [0.25, 0.3) is 0 Å². The van der Waals surface area contributed by atoms with Gasteiger partial charge >= 0.3 is 8.25 Å². The Morgan fingerprint density at radius 1 is 1.46 bits per heavy atom. The molecule has 0 fully saturated rings. The SMILES string of the molecule is O=[P+](O)OCc1cccc(F)c1F. The van der Waals surface area contributed by atoms with Crippen molar-refractivity contribution < 1.29 is 22.8 Å². The lowest BCUT2D eigenvalue weighted by atomic mass is 10.2. The molecule has 0 saturated heterocycles. The molecule has 1 unspecified atom stereocenters. The topological polar surface area (TPSA) is 46.5 Å². The summed E-state index contributed by atoms with van der Waals surface area (Å²) in [7, 11) is -2.79. The van der Waals surface area contributed by atoms with Crippen LogP contribution in [0.5, 0.6) is 0 Å². The zero-order valence-electron chi connectivity index (χ0n) is 6.41. The standard InChI is InChI=1S/C7H5F2O3P/c8-6-3-1-2-5(7(6)9)4-12-13(10)11/h1-3H,4H2/p+1. The Bertz CT molecular complexity index is 330. The fourth-order valence-corrected chi connectivity index (χ4v) is 1.03. The van der Waals surface area contributed by atoms with E-state index in [4.69, 9.17) is 4.89 Å². The Balaban J connectivity index is 2.77. The molecule has 1 aromatic rings. The van der Waals surface area contributed by atoms with E-state index in [0.29, 0.717) is 0 Å². The lowest BCUT2D eigenvalue weighted by Gasteiger charge is -1.97. The third-order valence-electron chi connectivity index (χ3n) is 1.36. The summed E-state index contributed by atoms with van der Waals surface area (Å²) in [5.41, 5.74) is -0.0857. The fourth-order valence-electron chi connectivity index (χ4n) is 0.785. The van der Waals surface area contributed by atoms with E-state index in [2.05, 4.69) is 4.52 Å². The molecule has 0 radical (unpaired) electrons. The Kier molecular flexibility index (Phi) is 3.42. The third-order valence-corrected chi connectivity index (χ3v) is 1.71. The highest BCUT2D eigenvalue weighted by Crippen LogP contribution is 2.20. The van der Waals surface area contributed by atoms with Gasteiger partial charge in [0.05, 0.1) is 0 Å². The Morgan fingerprint density at radius 2 is 2.15 bits per heavy atom. The fraction of sp³-hybridized carbons (Fsp3) is 0.143. The number of rotatable bonds is 3. The van der Waals surface area contributed by atoms with Crippen molar-refractivity contribution in [2.75, 3.05) is 0 Å². The minimum Gasteiger partial charge on any atom is -0.204 e. The molecule has 0 aromatic heterocycles. The van der Waals surface area contributed by atoms with Gasteiger partial charge in [0.2, 0.25) is 0 Å². The second kappa shape index (κ2) is 4.37. The van der Waals surface area contributed by atoms with Crippen LogP contribution in [0.2, 0.25) is 0 Å². The first kappa shape index (κ1) is 10.2. The molecule has 0 aliphatic rings. The van der Waals surface area contributed by atoms with Gasteiger partial charge in [0, 0.05) is 10.1 Å². The largest absolute Gasteiger partial charge is 0.695 e. The van der Waals surface area contributed by atoms with E-state index in [1.807, 2.05) is 0 Å². The minimum absolute atomic E-state index is 0.0857. The monoisotopic (exact) mass is 207 g/mol. The van der Waals surface area contributed by atoms with E-state index < -0.39 is 26.5 Å². The molecule has 0 saturated carbocycles. The summed E-state index contributed by atoms with van der Waals surface area (Å²) in [6, 6.07) is 3.52. The molecule has 6 heteroatoms. The molecule has 1 atom stereocenters. The molecule has 0 spiro atoms. The molecular weight excluding hydrogens is 201 g/mol. The molecule has 1 aromatic carbocycles. The highest BCUT2D eigenvalue weighted by Gasteiger charge is 2.15. The van der Waals surface area contributed by atoms with Crippen LogP contribution in [0.1, 0.15) is 5.56 Å². The Morgan fingerprint density at radius 3 is 2.77 bits per heavy atom. The Labute approximate surface area is 73.9 Å². The van der Waals surface area contributed by atoms with Gasteiger partial charge in [-0.2, -0.15) is 0 Å². The number of hydrogen-bond donors (Lipinski definition) is 1. The molecule has 1 N–H and O–H groups in total. The van der Waals surface area contributed by atoms with Gasteiger partial charge in [0.1, 0.15) is 6.61 Å². The normalized spacial score (nSPS) is 11.5. The molecule has 13 heavy (non-hydrogen) atoms. The molecule has 0 aliphatic carbocycles. The van der Waals surface area contributed by atoms with Gasteiger partial charge in [-0.15, -0.1) is 9.42 Å². The van der Waals surface area contributed by atoms with Crippen molar-refractivity contribution in [3.8, 4) is 0 Å². The van der Waals surface area contributed by atoms with Crippen molar-refractivity contribution in [1.82, 2.24) is 0 Å². The molecule has 1 rings (SSSR count). The molecule has 70 valence electrons. The van der Waals surface area contributed by atoms with E-state index in [9.17, 15) is 13.3 Å². The van der Waals surface area contributed by atoms with Gasteiger partial charge in [-0.1, -0.05) is 12.1 Å². The summed E-state index contributed by atoms with van der Waals surface area (Å²) in [6.45, 7) is -0.421. The number of hydrogen-bond acceptors (Lipinski definition) is 2. The van der Waals surface area contributed by atoms with Crippen molar-refractivity contribution in [1.29, 1.82) is 0 Å². The molecular formula is C7H6F2O3P+. The van der Waals surface area contributed by atoms with Gasteiger partial charge in [-0.05, 0) is 6.07 Å². The van der Waals surface area contributed by atoms with Crippen molar-refractivity contribution in [3.63, 3.8) is 0 Å². The van der Waals surface area contributed by atoms with E-state index in [1.165, 1.54) is 12.1 Å². The van der Waals surface area contributed by atoms with Crippen molar-refractivity contribution in [3.05, 3.63) is 35.4 Å². The maximum Gasteiger partial charge on any atom is 0.695 e.